The highest BCUT2D eigenvalue weighted by Crippen LogP contribution is 2.25. The van der Waals surface area contributed by atoms with Gasteiger partial charge in [0.25, 0.3) is 0 Å². The Morgan fingerprint density at radius 1 is 1.20 bits per heavy atom. The van der Waals surface area contributed by atoms with Crippen LogP contribution in [0.15, 0.2) is 0 Å². The Morgan fingerprint density at radius 2 is 1.40 bits per heavy atom. The van der Waals surface area contributed by atoms with E-state index in [9.17, 15) is 0 Å². The molecule has 6 heteroatoms. The Balaban J connectivity index is 0. The third-order valence-corrected chi connectivity index (χ3v) is 0.500. The Morgan fingerprint density at radius 3 is 1.40 bits per heavy atom. The topological polar surface area (TPSA) is 89.8 Å². The molecule has 0 aromatic heterocycles. The lowest BCUT2D eigenvalue weighted by Crippen LogP contribution is -2.09. The molecule has 0 aliphatic rings. The summed E-state index contributed by atoms with van der Waals surface area (Å²) in [5.41, 5.74) is 0. The fourth-order valence-electron chi connectivity index (χ4n) is 0.250. The quantitative estimate of drug-likeness (QED) is 0.428. The highest BCUT2D eigenvalue weighted by molar-refractivity contribution is 7.45. The second-order valence-corrected chi connectivity index (χ2v) is 2.50. The van der Waals surface area contributed by atoms with Crippen molar-refractivity contribution in [3.63, 3.8) is 0 Å². The average Bonchev–Trinajstić information content (AvgIpc) is 1.63. The van der Waals surface area contributed by atoms with E-state index in [-0.39, 0.29) is 0 Å². The fourth-order valence-corrected chi connectivity index (χ4v) is 0.250. The minimum atomic E-state index is -4.64. The van der Waals surface area contributed by atoms with Gasteiger partial charge in [0, 0.05) is 0 Å². The van der Waals surface area contributed by atoms with Crippen molar-refractivity contribution in [2.45, 2.75) is 13.8 Å². The first-order valence-corrected chi connectivity index (χ1v) is 4.47. The van der Waals surface area contributed by atoms with Crippen molar-refractivity contribution in [2.75, 3.05) is 13.1 Å². The van der Waals surface area contributed by atoms with E-state index in [1.54, 1.807) is 0 Å². The van der Waals surface area contributed by atoms with E-state index in [0.29, 0.717) is 0 Å². The molecule has 4 N–H and O–H groups in total. The molecule has 0 rings (SSSR count). The van der Waals surface area contributed by atoms with Crippen LogP contribution in [-0.2, 0) is 4.57 Å². The predicted octanol–water partition coefficient (Wildman–Crippen LogP) is -0.313. The number of rotatable bonds is 2. The van der Waals surface area contributed by atoms with E-state index in [1.165, 1.54) is 0 Å². The maximum atomic E-state index is 8.88. The molecule has 64 valence electrons. The van der Waals surface area contributed by atoms with Crippen molar-refractivity contribution in [1.29, 1.82) is 0 Å². The number of hydrogen-bond donors (Lipinski definition) is 4. The standard InChI is InChI=1S/C4H11N.H3O4P/c1-3-5-4-2;1-5(2,3)4/h5H,3-4H2,1-2H3;(H3,1,2,3,4). The second kappa shape index (κ2) is 7.18. The molecule has 0 atom stereocenters. The van der Waals surface area contributed by atoms with Crippen molar-refractivity contribution in [1.82, 2.24) is 5.32 Å². The summed E-state index contributed by atoms with van der Waals surface area (Å²) in [6.45, 7) is 6.39. The Kier molecular flexibility index (Phi) is 9.13. The summed E-state index contributed by atoms with van der Waals surface area (Å²) in [6.07, 6.45) is 0. The van der Waals surface area contributed by atoms with Crippen LogP contribution in [0.4, 0.5) is 0 Å². The molecule has 0 bridgehead atoms. The minimum absolute atomic E-state index is 1.09. The Hall–Kier alpha value is 0.0700. The number of hydrogen-bond acceptors (Lipinski definition) is 2. The summed E-state index contributed by atoms with van der Waals surface area (Å²) >= 11 is 0. The molecule has 0 spiro atoms. The minimum Gasteiger partial charge on any atom is -0.317 e. The summed E-state index contributed by atoms with van der Waals surface area (Å²) in [5.74, 6) is 0. The number of nitrogens with one attached hydrogen (secondary N) is 1. The molecule has 0 amide bonds. The van der Waals surface area contributed by atoms with Crippen LogP contribution in [0, 0.1) is 0 Å². The van der Waals surface area contributed by atoms with E-state index in [1.807, 2.05) is 0 Å². The normalized spacial score (nSPS) is 10.1. The fraction of sp³-hybridized carbons (Fsp3) is 1.00. The third kappa shape index (κ3) is 94.1. The Bertz CT molecular complexity index is 91.2. The van der Waals surface area contributed by atoms with Crippen molar-refractivity contribution >= 4 is 7.82 Å². The molecule has 0 aromatic carbocycles. The lowest BCUT2D eigenvalue weighted by molar-refractivity contribution is 0.275. The summed E-state index contributed by atoms with van der Waals surface area (Å²) in [6, 6.07) is 0. The molecule has 5 nitrogen and oxygen atoms in total. The van der Waals surface area contributed by atoms with Crippen LogP contribution in [0.5, 0.6) is 0 Å². The first kappa shape index (κ1) is 12.7. The van der Waals surface area contributed by atoms with Gasteiger partial charge in [0.1, 0.15) is 0 Å². The average molecular weight is 171 g/mol. The Labute approximate surface area is 60.3 Å². The van der Waals surface area contributed by atoms with E-state index >= 15 is 0 Å². The van der Waals surface area contributed by atoms with Crippen LogP contribution in [0.2, 0.25) is 0 Å². The second-order valence-electron chi connectivity index (χ2n) is 1.47. The van der Waals surface area contributed by atoms with Gasteiger partial charge < -0.3 is 20.0 Å². The summed E-state index contributed by atoms with van der Waals surface area (Å²) in [4.78, 5) is 21.6. The summed E-state index contributed by atoms with van der Waals surface area (Å²) < 4.78 is 8.88. The van der Waals surface area contributed by atoms with E-state index in [4.69, 9.17) is 19.2 Å². The highest BCUT2D eigenvalue weighted by Gasteiger charge is 2.00. The third-order valence-electron chi connectivity index (χ3n) is 0.500. The number of phosphoric acid groups is 1. The van der Waals surface area contributed by atoms with Gasteiger partial charge in [-0.05, 0) is 13.1 Å². The lowest BCUT2D eigenvalue weighted by atomic mass is 10.7. The molecule has 0 fully saturated rings. The van der Waals surface area contributed by atoms with Gasteiger partial charge in [-0.2, -0.15) is 0 Å². The van der Waals surface area contributed by atoms with Gasteiger partial charge in [-0.1, -0.05) is 13.8 Å². The maximum Gasteiger partial charge on any atom is 0.466 e. The van der Waals surface area contributed by atoms with Crippen molar-refractivity contribution in [3.8, 4) is 0 Å². The van der Waals surface area contributed by atoms with Crippen molar-refractivity contribution < 1.29 is 19.2 Å². The first-order chi connectivity index (χ1) is 4.41. The van der Waals surface area contributed by atoms with Crippen LogP contribution in [0.3, 0.4) is 0 Å². The van der Waals surface area contributed by atoms with Gasteiger partial charge in [-0.25, -0.2) is 4.57 Å². The van der Waals surface area contributed by atoms with E-state index < -0.39 is 7.82 Å². The van der Waals surface area contributed by atoms with Gasteiger partial charge in [0.2, 0.25) is 0 Å². The van der Waals surface area contributed by atoms with Crippen LogP contribution in [-0.4, -0.2) is 27.8 Å². The molecule has 0 heterocycles. The van der Waals surface area contributed by atoms with Gasteiger partial charge in [-0.15, -0.1) is 0 Å². The first-order valence-electron chi connectivity index (χ1n) is 2.90. The molecule has 0 radical (unpaired) electrons. The zero-order valence-electron chi connectivity index (χ0n) is 6.11. The van der Waals surface area contributed by atoms with Crippen LogP contribution in [0.1, 0.15) is 13.8 Å². The zero-order chi connectivity index (χ0) is 8.62. The molecule has 0 aliphatic carbocycles. The molecule has 0 aromatic rings. The predicted molar refractivity (Wildman–Crippen MR) is 38.5 cm³/mol. The van der Waals surface area contributed by atoms with E-state index in [0.717, 1.165) is 13.1 Å². The van der Waals surface area contributed by atoms with Crippen LogP contribution < -0.4 is 5.32 Å². The van der Waals surface area contributed by atoms with Crippen LogP contribution >= 0.6 is 7.82 Å². The molecule has 0 saturated carbocycles. The largest absolute Gasteiger partial charge is 0.466 e. The van der Waals surface area contributed by atoms with Crippen LogP contribution in [0.25, 0.3) is 0 Å². The molecular weight excluding hydrogens is 157 g/mol. The molecule has 0 saturated heterocycles. The van der Waals surface area contributed by atoms with Crippen molar-refractivity contribution in [3.05, 3.63) is 0 Å². The molecule has 10 heavy (non-hydrogen) atoms. The molecular formula is C4H14NO4P. The molecule has 0 aliphatic heterocycles. The molecule has 0 unspecified atom stereocenters. The summed E-state index contributed by atoms with van der Waals surface area (Å²) in [7, 11) is -4.64. The van der Waals surface area contributed by atoms with Gasteiger partial charge in [0.05, 0.1) is 0 Å². The maximum absolute atomic E-state index is 8.88. The van der Waals surface area contributed by atoms with Gasteiger partial charge in [-0.3, -0.25) is 0 Å². The van der Waals surface area contributed by atoms with Crippen molar-refractivity contribution in [2.24, 2.45) is 0 Å². The monoisotopic (exact) mass is 171 g/mol. The zero-order valence-corrected chi connectivity index (χ0v) is 7.01. The SMILES string of the molecule is CCNCC.O=P(O)(O)O. The summed E-state index contributed by atoms with van der Waals surface area (Å²) in [5, 5.41) is 3.11. The smallest absolute Gasteiger partial charge is 0.317 e. The van der Waals surface area contributed by atoms with Gasteiger partial charge in [0.15, 0.2) is 0 Å². The lowest BCUT2D eigenvalue weighted by Gasteiger charge is -1.86. The van der Waals surface area contributed by atoms with E-state index in [2.05, 4.69) is 19.2 Å². The van der Waals surface area contributed by atoms with Gasteiger partial charge >= 0.3 is 7.82 Å². The highest BCUT2D eigenvalue weighted by atomic mass is 31.2.